The Kier molecular flexibility index (Phi) is 5.21. The SMILES string of the molecule is CCOc1ccc(C(=O)NN2C(=O)N[C@@](C)(c3cccc(OC)c3)C2=O)cc1. The van der Waals surface area contributed by atoms with Gasteiger partial charge in [-0.2, -0.15) is 5.01 Å². The number of imide groups is 1. The van der Waals surface area contributed by atoms with E-state index < -0.39 is 23.4 Å². The summed E-state index contributed by atoms with van der Waals surface area (Å²) in [5, 5.41) is 3.32. The number of methoxy groups -OCH3 is 1. The molecule has 3 rings (SSSR count). The normalized spacial score (nSPS) is 18.6. The van der Waals surface area contributed by atoms with Crippen molar-refractivity contribution < 1.29 is 23.9 Å². The molecule has 0 aromatic heterocycles. The Labute approximate surface area is 162 Å². The van der Waals surface area contributed by atoms with Crippen molar-refractivity contribution in [3.63, 3.8) is 0 Å². The standard InChI is InChI=1S/C20H21N3O5/c1-4-28-15-10-8-13(9-11-15)17(24)22-23-18(25)20(2,21-19(23)26)14-6-5-7-16(12-14)27-3/h5-12H,4H2,1-3H3,(H,21,26)(H,22,24)/t20-/m0/s1. The van der Waals surface area contributed by atoms with Crippen LogP contribution in [0.1, 0.15) is 29.8 Å². The smallest absolute Gasteiger partial charge is 0.344 e. The Morgan fingerprint density at radius 3 is 2.50 bits per heavy atom. The summed E-state index contributed by atoms with van der Waals surface area (Å²) in [7, 11) is 1.51. The molecule has 8 heteroatoms. The van der Waals surface area contributed by atoms with Gasteiger partial charge in [-0.15, -0.1) is 0 Å². The van der Waals surface area contributed by atoms with Crippen LogP contribution in [0, 0.1) is 0 Å². The monoisotopic (exact) mass is 383 g/mol. The second-order valence-electron chi connectivity index (χ2n) is 6.33. The Morgan fingerprint density at radius 1 is 1.14 bits per heavy atom. The van der Waals surface area contributed by atoms with Crippen LogP contribution in [0.25, 0.3) is 0 Å². The molecule has 1 fully saturated rings. The number of nitrogens with one attached hydrogen (secondary N) is 2. The van der Waals surface area contributed by atoms with Crippen molar-refractivity contribution in [3.05, 3.63) is 59.7 Å². The quantitative estimate of drug-likeness (QED) is 0.746. The van der Waals surface area contributed by atoms with Crippen LogP contribution in [0.3, 0.4) is 0 Å². The van der Waals surface area contributed by atoms with E-state index in [0.29, 0.717) is 34.2 Å². The highest BCUT2D eigenvalue weighted by Gasteiger charge is 2.50. The van der Waals surface area contributed by atoms with Gasteiger partial charge in [-0.1, -0.05) is 12.1 Å². The van der Waals surface area contributed by atoms with E-state index in [1.165, 1.54) is 7.11 Å². The zero-order valence-corrected chi connectivity index (χ0v) is 15.8. The first-order valence-electron chi connectivity index (χ1n) is 8.74. The van der Waals surface area contributed by atoms with Crippen molar-refractivity contribution in [1.29, 1.82) is 0 Å². The van der Waals surface area contributed by atoms with Gasteiger partial charge in [-0.3, -0.25) is 15.0 Å². The Balaban J connectivity index is 1.78. The maximum atomic E-state index is 12.9. The molecule has 0 aliphatic carbocycles. The number of hydrogen-bond acceptors (Lipinski definition) is 5. The van der Waals surface area contributed by atoms with Gasteiger partial charge in [0.25, 0.3) is 11.8 Å². The number of carbonyl (C=O) groups is 3. The minimum Gasteiger partial charge on any atom is -0.497 e. The van der Waals surface area contributed by atoms with E-state index in [-0.39, 0.29) is 0 Å². The number of hydrazine groups is 1. The third kappa shape index (κ3) is 3.48. The number of hydrogen-bond donors (Lipinski definition) is 2. The van der Waals surface area contributed by atoms with Gasteiger partial charge in [0.05, 0.1) is 13.7 Å². The molecule has 2 aromatic rings. The second kappa shape index (κ2) is 7.59. The molecule has 1 aliphatic rings. The number of amides is 4. The van der Waals surface area contributed by atoms with Gasteiger partial charge in [0, 0.05) is 5.56 Å². The van der Waals surface area contributed by atoms with Crippen LogP contribution < -0.4 is 20.2 Å². The second-order valence-corrected chi connectivity index (χ2v) is 6.33. The van der Waals surface area contributed by atoms with Gasteiger partial charge in [0.2, 0.25) is 0 Å². The topological polar surface area (TPSA) is 97.0 Å². The van der Waals surface area contributed by atoms with Crippen molar-refractivity contribution in [3.8, 4) is 11.5 Å². The van der Waals surface area contributed by atoms with Gasteiger partial charge in [0.1, 0.15) is 17.0 Å². The average molecular weight is 383 g/mol. The molecule has 1 heterocycles. The molecule has 2 N–H and O–H groups in total. The summed E-state index contributed by atoms with van der Waals surface area (Å²) < 4.78 is 10.5. The van der Waals surface area contributed by atoms with Gasteiger partial charge >= 0.3 is 6.03 Å². The highest BCUT2D eigenvalue weighted by atomic mass is 16.5. The van der Waals surface area contributed by atoms with Gasteiger partial charge in [0.15, 0.2) is 0 Å². The number of ether oxygens (including phenoxy) is 2. The number of carbonyl (C=O) groups excluding carboxylic acids is 3. The molecule has 1 saturated heterocycles. The molecule has 1 aliphatic heterocycles. The molecule has 0 saturated carbocycles. The zero-order valence-electron chi connectivity index (χ0n) is 15.8. The third-order valence-electron chi connectivity index (χ3n) is 4.48. The molecule has 0 radical (unpaired) electrons. The molecule has 28 heavy (non-hydrogen) atoms. The molecule has 8 nitrogen and oxygen atoms in total. The van der Waals surface area contributed by atoms with Gasteiger partial charge < -0.3 is 14.8 Å². The number of benzene rings is 2. The van der Waals surface area contributed by atoms with Crippen LogP contribution in [-0.4, -0.2) is 36.6 Å². The van der Waals surface area contributed by atoms with Crippen molar-refractivity contribution >= 4 is 17.8 Å². The molecule has 1 atom stereocenters. The van der Waals surface area contributed by atoms with Gasteiger partial charge in [-0.25, -0.2) is 4.79 Å². The van der Waals surface area contributed by atoms with E-state index in [0.717, 1.165) is 0 Å². The van der Waals surface area contributed by atoms with Crippen LogP contribution in [-0.2, 0) is 10.3 Å². The maximum Gasteiger partial charge on any atom is 0.344 e. The number of rotatable bonds is 6. The van der Waals surface area contributed by atoms with Crippen molar-refractivity contribution in [2.45, 2.75) is 19.4 Å². The summed E-state index contributed by atoms with van der Waals surface area (Å²) in [6.45, 7) is 3.94. The minimum absolute atomic E-state index is 0.291. The maximum absolute atomic E-state index is 12.9. The van der Waals surface area contributed by atoms with Crippen LogP contribution >= 0.6 is 0 Å². The highest BCUT2D eigenvalue weighted by Crippen LogP contribution is 2.30. The highest BCUT2D eigenvalue weighted by molar-refractivity contribution is 6.09. The zero-order chi connectivity index (χ0) is 20.3. The molecule has 4 amide bonds. The number of urea groups is 1. The van der Waals surface area contributed by atoms with Crippen LogP contribution in [0.15, 0.2) is 48.5 Å². The lowest BCUT2D eigenvalue weighted by Crippen LogP contribution is -2.47. The Hall–Kier alpha value is -3.55. The fraction of sp³-hybridized carbons (Fsp3) is 0.250. The molecular formula is C20H21N3O5. The minimum atomic E-state index is -1.32. The molecular weight excluding hydrogens is 362 g/mol. The lowest BCUT2D eigenvalue weighted by molar-refractivity contribution is -0.132. The fourth-order valence-electron chi connectivity index (χ4n) is 2.91. The van der Waals surface area contributed by atoms with E-state index in [4.69, 9.17) is 9.47 Å². The molecule has 146 valence electrons. The first-order chi connectivity index (χ1) is 13.4. The lowest BCUT2D eigenvalue weighted by atomic mass is 9.92. The molecule has 0 unspecified atom stereocenters. The van der Waals surface area contributed by atoms with Crippen molar-refractivity contribution in [1.82, 2.24) is 15.8 Å². The van der Waals surface area contributed by atoms with Crippen molar-refractivity contribution in [2.24, 2.45) is 0 Å². The average Bonchev–Trinajstić information content (AvgIpc) is 2.93. The molecule has 2 aromatic carbocycles. The van der Waals surface area contributed by atoms with Crippen LogP contribution in [0.2, 0.25) is 0 Å². The van der Waals surface area contributed by atoms with Crippen molar-refractivity contribution in [2.75, 3.05) is 13.7 Å². The third-order valence-corrected chi connectivity index (χ3v) is 4.48. The summed E-state index contributed by atoms with van der Waals surface area (Å²) >= 11 is 0. The largest absolute Gasteiger partial charge is 0.497 e. The predicted molar refractivity (Wildman–Crippen MR) is 101 cm³/mol. The Bertz CT molecular complexity index is 912. The summed E-state index contributed by atoms with van der Waals surface area (Å²) in [6.07, 6.45) is 0. The summed E-state index contributed by atoms with van der Waals surface area (Å²) in [5.74, 6) is 0.00349. The van der Waals surface area contributed by atoms with Gasteiger partial charge in [-0.05, 0) is 55.8 Å². The molecule has 0 bridgehead atoms. The van der Waals surface area contributed by atoms with E-state index in [9.17, 15) is 14.4 Å². The first kappa shape index (κ1) is 19.2. The van der Waals surface area contributed by atoms with Crippen LogP contribution in [0.5, 0.6) is 11.5 Å². The van der Waals surface area contributed by atoms with E-state index >= 15 is 0 Å². The number of nitrogens with zero attached hydrogens (tertiary/aromatic N) is 1. The molecule has 0 spiro atoms. The summed E-state index contributed by atoms with van der Waals surface area (Å²) in [4.78, 5) is 37.7. The van der Waals surface area contributed by atoms with E-state index in [1.54, 1.807) is 55.5 Å². The Morgan fingerprint density at radius 2 is 1.86 bits per heavy atom. The predicted octanol–water partition coefficient (Wildman–Crippen LogP) is 2.21. The van der Waals surface area contributed by atoms with E-state index in [2.05, 4.69) is 10.7 Å². The van der Waals surface area contributed by atoms with E-state index in [1.807, 2.05) is 6.92 Å². The first-order valence-corrected chi connectivity index (χ1v) is 8.74. The fourth-order valence-corrected chi connectivity index (χ4v) is 2.91. The lowest BCUT2D eigenvalue weighted by Gasteiger charge is -2.22. The summed E-state index contributed by atoms with van der Waals surface area (Å²) in [5.41, 5.74) is 1.87. The summed E-state index contributed by atoms with van der Waals surface area (Å²) in [6, 6.07) is 12.5. The van der Waals surface area contributed by atoms with Crippen LogP contribution in [0.4, 0.5) is 4.79 Å².